The maximum atomic E-state index is 11.2. The molecule has 148 valence electrons. The monoisotopic (exact) mass is 502 g/mol. The molecule has 4 N–H and O–H groups in total. The summed E-state index contributed by atoms with van der Waals surface area (Å²) in [5, 5.41) is 21.7. The van der Waals surface area contributed by atoms with Crippen LogP contribution in [-0.2, 0) is 16.9 Å². The zero-order valence-corrected chi connectivity index (χ0v) is 18.9. The van der Waals surface area contributed by atoms with Crippen molar-refractivity contribution >= 4 is 52.9 Å². The highest BCUT2D eigenvalue weighted by Crippen LogP contribution is 2.24. The Morgan fingerprint density at radius 2 is 2.04 bits per heavy atom. The second-order valence-corrected chi connectivity index (χ2v) is 7.13. The molecular weight excluding hydrogens is 475 g/mol. The Morgan fingerprint density at radius 1 is 1.26 bits per heavy atom. The van der Waals surface area contributed by atoms with Gasteiger partial charge in [0.25, 0.3) is 0 Å². The quantitative estimate of drug-likeness (QED) is 0.266. The molecule has 0 saturated heterocycles. The minimum atomic E-state index is -0.963. The fourth-order valence-electron chi connectivity index (χ4n) is 2.39. The van der Waals surface area contributed by atoms with Crippen molar-refractivity contribution in [3.8, 4) is 0 Å². The molecule has 1 heterocycles. The number of benzene rings is 1. The van der Waals surface area contributed by atoms with Gasteiger partial charge >= 0.3 is 0 Å². The first-order valence-electron chi connectivity index (χ1n) is 8.56. The van der Waals surface area contributed by atoms with E-state index in [0.29, 0.717) is 19.0 Å². The number of carbonyl (C=O) groups excluding carboxylic acids is 1. The molecule has 0 spiro atoms. The van der Waals surface area contributed by atoms with Gasteiger partial charge in [-0.25, -0.2) is 4.99 Å². The molecule has 0 fully saturated rings. The average molecular weight is 502 g/mol. The number of hydrogen-bond acceptors (Lipinski definition) is 4. The van der Waals surface area contributed by atoms with Crippen molar-refractivity contribution in [3.63, 3.8) is 0 Å². The second-order valence-electron chi connectivity index (χ2n) is 6.18. The van der Waals surface area contributed by atoms with Gasteiger partial charge in [-0.15, -0.1) is 35.3 Å². The molecular formula is C19H27IN4O2S. The van der Waals surface area contributed by atoms with Crippen molar-refractivity contribution in [2.45, 2.75) is 32.9 Å². The number of thiophene rings is 1. The summed E-state index contributed by atoms with van der Waals surface area (Å²) in [6.07, 6.45) is 0. The van der Waals surface area contributed by atoms with Crippen molar-refractivity contribution < 1.29 is 9.90 Å². The van der Waals surface area contributed by atoms with Crippen LogP contribution in [0.1, 0.15) is 31.2 Å². The normalized spacial score (nSPS) is 13.3. The third kappa shape index (κ3) is 7.86. The Balaban J connectivity index is 0.00000364. The number of carbonyl (C=O) groups is 1. The molecule has 1 aromatic carbocycles. The summed E-state index contributed by atoms with van der Waals surface area (Å²) in [6.45, 7) is 6.80. The van der Waals surface area contributed by atoms with E-state index in [9.17, 15) is 9.90 Å². The Hall–Kier alpha value is -1.65. The van der Waals surface area contributed by atoms with Crippen molar-refractivity contribution in [2.24, 2.45) is 4.99 Å². The van der Waals surface area contributed by atoms with Crippen LogP contribution >= 0.6 is 35.3 Å². The van der Waals surface area contributed by atoms with Gasteiger partial charge in [-0.2, -0.15) is 0 Å². The summed E-state index contributed by atoms with van der Waals surface area (Å²) in [7, 11) is 0. The first-order valence-corrected chi connectivity index (χ1v) is 9.44. The van der Waals surface area contributed by atoms with Crippen LogP contribution < -0.4 is 16.0 Å². The molecule has 0 saturated carbocycles. The van der Waals surface area contributed by atoms with E-state index >= 15 is 0 Å². The van der Waals surface area contributed by atoms with Crippen LogP contribution in [-0.4, -0.2) is 30.1 Å². The lowest BCUT2D eigenvalue weighted by Gasteiger charge is -2.23. The standard InChI is InChI=1S/C19H26N4O2S.HI/c1-4-20-18(22-13-19(3,25)17-9-6-10-26-17)21-12-15-7-5-8-16(11-15)23-14(2)24;/h5-11,25H,4,12-13H2,1-3H3,(H,23,24)(H2,20,21,22);1H. The van der Waals surface area contributed by atoms with E-state index in [1.165, 1.54) is 18.3 Å². The Kier molecular flexibility index (Phi) is 9.75. The van der Waals surface area contributed by atoms with E-state index in [1.54, 1.807) is 6.92 Å². The van der Waals surface area contributed by atoms with Gasteiger partial charge in [-0.05, 0) is 43.0 Å². The molecule has 1 atom stereocenters. The van der Waals surface area contributed by atoms with Gasteiger partial charge in [0.15, 0.2) is 5.96 Å². The number of aliphatic hydroxyl groups is 1. The number of nitrogens with one attached hydrogen (secondary N) is 3. The number of anilines is 1. The lowest BCUT2D eigenvalue weighted by Crippen LogP contribution is -2.44. The Labute approximate surface area is 181 Å². The fraction of sp³-hybridized carbons (Fsp3) is 0.368. The lowest BCUT2D eigenvalue weighted by atomic mass is 10.1. The van der Waals surface area contributed by atoms with Gasteiger partial charge < -0.3 is 21.1 Å². The van der Waals surface area contributed by atoms with Crippen molar-refractivity contribution in [1.29, 1.82) is 0 Å². The first kappa shape index (κ1) is 23.4. The third-order valence-corrected chi connectivity index (χ3v) is 4.79. The van der Waals surface area contributed by atoms with Gasteiger partial charge in [0, 0.05) is 24.0 Å². The number of guanidine groups is 1. The van der Waals surface area contributed by atoms with E-state index < -0.39 is 5.60 Å². The van der Waals surface area contributed by atoms with Gasteiger partial charge in [0.05, 0.1) is 13.1 Å². The molecule has 1 amide bonds. The van der Waals surface area contributed by atoms with Crippen LogP contribution in [0.15, 0.2) is 46.8 Å². The summed E-state index contributed by atoms with van der Waals surface area (Å²) < 4.78 is 0. The van der Waals surface area contributed by atoms with E-state index in [4.69, 9.17) is 0 Å². The minimum absolute atomic E-state index is 0. The largest absolute Gasteiger partial charge is 0.383 e. The van der Waals surface area contributed by atoms with Crippen molar-refractivity contribution in [3.05, 3.63) is 52.2 Å². The Bertz CT molecular complexity index is 748. The second kappa shape index (κ2) is 11.3. The maximum absolute atomic E-state index is 11.2. The smallest absolute Gasteiger partial charge is 0.221 e. The molecule has 0 radical (unpaired) electrons. The number of aliphatic imine (C=N–C) groups is 1. The molecule has 1 aromatic heterocycles. The van der Waals surface area contributed by atoms with Crippen LogP contribution in [0.2, 0.25) is 0 Å². The maximum Gasteiger partial charge on any atom is 0.221 e. The van der Waals surface area contributed by atoms with Crippen LogP contribution in [0.3, 0.4) is 0 Å². The fourth-order valence-corrected chi connectivity index (χ4v) is 3.18. The van der Waals surface area contributed by atoms with E-state index in [1.807, 2.05) is 48.7 Å². The van der Waals surface area contributed by atoms with Crippen LogP contribution in [0.25, 0.3) is 0 Å². The van der Waals surface area contributed by atoms with Crippen LogP contribution in [0, 0.1) is 0 Å². The summed E-state index contributed by atoms with van der Waals surface area (Å²) in [4.78, 5) is 16.6. The van der Waals surface area contributed by atoms with Crippen LogP contribution in [0.4, 0.5) is 5.69 Å². The molecule has 1 unspecified atom stereocenters. The third-order valence-electron chi connectivity index (χ3n) is 3.66. The summed E-state index contributed by atoms with van der Waals surface area (Å²) in [5.41, 5.74) is 0.776. The highest BCUT2D eigenvalue weighted by atomic mass is 127. The molecule has 0 aliphatic carbocycles. The predicted molar refractivity (Wildman–Crippen MR) is 123 cm³/mol. The summed E-state index contributed by atoms with van der Waals surface area (Å²) in [5.74, 6) is 0.533. The van der Waals surface area contributed by atoms with E-state index in [-0.39, 0.29) is 29.9 Å². The van der Waals surface area contributed by atoms with Gasteiger partial charge in [-0.3, -0.25) is 4.79 Å². The summed E-state index contributed by atoms with van der Waals surface area (Å²) in [6, 6.07) is 11.4. The molecule has 0 bridgehead atoms. The van der Waals surface area contributed by atoms with Gasteiger partial charge in [-0.1, -0.05) is 18.2 Å². The lowest BCUT2D eigenvalue weighted by molar-refractivity contribution is -0.114. The molecule has 2 rings (SSSR count). The Morgan fingerprint density at radius 3 is 2.67 bits per heavy atom. The number of rotatable bonds is 7. The average Bonchev–Trinajstić information content (AvgIpc) is 3.13. The number of nitrogens with zero attached hydrogens (tertiary/aromatic N) is 1. The molecule has 8 heteroatoms. The molecule has 2 aromatic rings. The SMILES string of the molecule is CCNC(=NCc1cccc(NC(C)=O)c1)NCC(C)(O)c1cccs1.I. The number of hydrogen-bond donors (Lipinski definition) is 4. The zero-order chi connectivity index (χ0) is 19.0. The highest BCUT2D eigenvalue weighted by Gasteiger charge is 2.24. The summed E-state index contributed by atoms with van der Waals surface area (Å²) >= 11 is 1.53. The van der Waals surface area contributed by atoms with Gasteiger partial charge in [0.2, 0.25) is 5.91 Å². The van der Waals surface area contributed by atoms with E-state index in [0.717, 1.165) is 22.7 Å². The molecule has 27 heavy (non-hydrogen) atoms. The highest BCUT2D eigenvalue weighted by molar-refractivity contribution is 14.0. The minimum Gasteiger partial charge on any atom is -0.383 e. The van der Waals surface area contributed by atoms with E-state index in [2.05, 4.69) is 20.9 Å². The van der Waals surface area contributed by atoms with Crippen LogP contribution in [0.5, 0.6) is 0 Å². The zero-order valence-electron chi connectivity index (χ0n) is 15.8. The predicted octanol–water partition coefficient (Wildman–Crippen LogP) is 3.29. The first-order chi connectivity index (χ1) is 12.4. The van der Waals surface area contributed by atoms with Crippen molar-refractivity contribution in [2.75, 3.05) is 18.4 Å². The number of amides is 1. The molecule has 0 aliphatic rings. The molecule has 6 nitrogen and oxygen atoms in total. The topological polar surface area (TPSA) is 85.8 Å². The number of halogens is 1. The van der Waals surface area contributed by atoms with Crippen molar-refractivity contribution in [1.82, 2.24) is 10.6 Å². The van der Waals surface area contributed by atoms with Gasteiger partial charge in [0.1, 0.15) is 5.60 Å². The molecule has 0 aliphatic heterocycles.